The summed E-state index contributed by atoms with van der Waals surface area (Å²) < 4.78 is 6.59. The highest BCUT2D eigenvalue weighted by molar-refractivity contribution is 6.10. The summed E-state index contributed by atoms with van der Waals surface area (Å²) in [6.45, 7) is 0. The van der Waals surface area contributed by atoms with Crippen LogP contribution >= 0.6 is 0 Å². The zero-order valence-corrected chi connectivity index (χ0v) is 33.6. The van der Waals surface area contributed by atoms with Crippen LogP contribution < -0.4 is 4.90 Å². The van der Waals surface area contributed by atoms with Crippen LogP contribution in [0, 0.1) is 0 Å². The topological polar surface area (TPSA) is 16.4 Å². The van der Waals surface area contributed by atoms with Crippen molar-refractivity contribution in [1.82, 2.24) is 0 Å². The van der Waals surface area contributed by atoms with Gasteiger partial charge < -0.3 is 9.32 Å². The molecule has 0 unspecified atom stereocenters. The van der Waals surface area contributed by atoms with E-state index in [1.807, 2.05) is 6.07 Å². The lowest BCUT2D eigenvalue weighted by atomic mass is 9.80. The number of fused-ring (bicyclic) bond motifs is 4. The lowest BCUT2D eigenvalue weighted by Crippen LogP contribution is -2.13. The van der Waals surface area contributed by atoms with Gasteiger partial charge in [-0.05, 0) is 93.2 Å². The van der Waals surface area contributed by atoms with Crippen molar-refractivity contribution in [3.8, 4) is 44.5 Å². The summed E-state index contributed by atoms with van der Waals surface area (Å²) in [5.74, 6) is 0.573. The minimum Gasteiger partial charge on any atom is -0.455 e. The molecule has 1 aromatic heterocycles. The summed E-state index contributed by atoms with van der Waals surface area (Å²) in [7, 11) is 0. The molecule has 0 N–H and O–H groups in total. The molecule has 0 amide bonds. The van der Waals surface area contributed by atoms with Gasteiger partial charge >= 0.3 is 0 Å². The fraction of sp³-hybridized carbons (Fsp3) is 0.103. The van der Waals surface area contributed by atoms with Crippen LogP contribution in [-0.4, -0.2) is 0 Å². The van der Waals surface area contributed by atoms with Crippen molar-refractivity contribution in [3.63, 3.8) is 0 Å². The lowest BCUT2D eigenvalue weighted by Gasteiger charge is -2.31. The molecule has 2 heteroatoms. The van der Waals surface area contributed by atoms with Crippen molar-refractivity contribution >= 4 is 49.8 Å². The first-order chi connectivity index (χ1) is 29.8. The van der Waals surface area contributed by atoms with Gasteiger partial charge in [0.25, 0.3) is 0 Å². The molecule has 1 aliphatic carbocycles. The number of nitrogens with zero attached hydrogens (tertiary/aromatic N) is 1. The second-order valence-corrected chi connectivity index (χ2v) is 16.2. The van der Waals surface area contributed by atoms with Crippen molar-refractivity contribution in [2.45, 2.75) is 38.0 Å². The van der Waals surface area contributed by atoms with Gasteiger partial charge in [-0.15, -0.1) is 0 Å². The molecule has 0 spiro atoms. The first-order valence-corrected chi connectivity index (χ1v) is 21.5. The van der Waals surface area contributed by atoms with Crippen molar-refractivity contribution < 1.29 is 4.42 Å². The van der Waals surface area contributed by atoms with Crippen LogP contribution in [0.1, 0.15) is 43.6 Å². The third-order valence-corrected chi connectivity index (χ3v) is 12.7. The molecule has 0 saturated heterocycles. The van der Waals surface area contributed by atoms with Crippen LogP contribution in [0.3, 0.4) is 0 Å². The lowest BCUT2D eigenvalue weighted by molar-refractivity contribution is 0.445. The Bertz CT molecular complexity index is 3130. The van der Waals surface area contributed by atoms with E-state index in [4.69, 9.17) is 4.42 Å². The Labute approximate surface area is 352 Å². The summed E-state index contributed by atoms with van der Waals surface area (Å²) in [5.41, 5.74) is 16.1. The van der Waals surface area contributed by atoms with E-state index in [1.165, 1.54) is 76.3 Å². The van der Waals surface area contributed by atoms with Crippen LogP contribution in [0.4, 0.5) is 17.1 Å². The van der Waals surface area contributed by atoms with E-state index >= 15 is 0 Å². The summed E-state index contributed by atoms with van der Waals surface area (Å²) in [6.07, 6.45) is 6.44. The molecule has 1 saturated carbocycles. The Morgan fingerprint density at radius 3 is 1.82 bits per heavy atom. The number of anilines is 3. The fourth-order valence-electron chi connectivity index (χ4n) is 9.83. The van der Waals surface area contributed by atoms with Gasteiger partial charge in [0, 0.05) is 33.2 Å². The highest BCUT2D eigenvalue weighted by atomic mass is 16.3. The van der Waals surface area contributed by atoms with Crippen LogP contribution in [0.25, 0.3) is 77.2 Å². The number of hydrogen-bond donors (Lipinski definition) is 0. The monoisotopic (exact) mass is 771 g/mol. The summed E-state index contributed by atoms with van der Waals surface area (Å²) in [5, 5.41) is 4.95. The van der Waals surface area contributed by atoms with E-state index in [9.17, 15) is 0 Å². The molecular formula is C58H45NO. The first kappa shape index (κ1) is 36.0. The average molecular weight is 772 g/mol. The van der Waals surface area contributed by atoms with Crippen molar-refractivity contribution in [1.29, 1.82) is 0 Å². The maximum atomic E-state index is 6.59. The molecule has 1 aliphatic rings. The van der Waals surface area contributed by atoms with Crippen LogP contribution in [-0.2, 0) is 0 Å². The predicted molar refractivity (Wildman–Crippen MR) is 253 cm³/mol. The van der Waals surface area contributed by atoms with Gasteiger partial charge in [0.15, 0.2) is 0 Å². The Morgan fingerprint density at radius 2 is 0.983 bits per heavy atom. The smallest absolute Gasteiger partial charge is 0.143 e. The number of rotatable bonds is 8. The molecule has 1 heterocycles. The van der Waals surface area contributed by atoms with E-state index in [0.717, 1.165) is 55.7 Å². The maximum Gasteiger partial charge on any atom is 0.143 e. The number of para-hydroxylation sites is 4. The molecule has 0 radical (unpaired) electrons. The van der Waals surface area contributed by atoms with Crippen molar-refractivity contribution in [2.24, 2.45) is 0 Å². The molecule has 10 aromatic rings. The first-order valence-electron chi connectivity index (χ1n) is 21.5. The van der Waals surface area contributed by atoms with Gasteiger partial charge in [0.2, 0.25) is 0 Å². The van der Waals surface area contributed by atoms with E-state index in [-0.39, 0.29) is 0 Å². The molecular weight excluding hydrogens is 727 g/mol. The molecule has 0 bridgehead atoms. The maximum absolute atomic E-state index is 6.59. The van der Waals surface area contributed by atoms with E-state index in [1.54, 1.807) is 0 Å². The molecule has 9 aromatic carbocycles. The second kappa shape index (κ2) is 15.5. The number of furan rings is 1. The second-order valence-electron chi connectivity index (χ2n) is 16.2. The minimum absolute atomic E-state index is 0.573. The molecule has 0 aliphatic heterocycles. The highest BCUT2D eigenvalue weighted by Crippen LogP contribution is 2.48. The number of benzene rings is 9. The summed E-state index contributed by atoms with van der Waals surface area (Å²) in [4.78, 5) is 2.49. The zero-order valence-electron chi connectivity index (χ0n) is 33.6. The Kier molecular flexibility index (Phi) is 9.32. The van der Waals surface area contributed by atoms with Gasteiger partial charge in [-0.3, -0.25) is 0 Å². The molecule has 2 nitrogen and oxygen atoms in total. The number of hydrogen-bond acceptors (Lipinski definition) is 2. The SMILES string of the molecule is c1ccc(-c2ccc(-c3ccccc3N(c3cccc(-c4cccc5c4oc4ccccc45)c3)c3ccccc3-c3cccc4cccc(C5CCCCC5)c34)cc2)cc1. The Hall–Kier alpha value is -7.16. The van der Waals surface area contributed by atoms with E-state index in [0.29, 0.717) is 5.92 Å². The van der Waals surface area contributed by atoms with Gasteiger partial charge in [0.05, 0.1) is 11.4 Å². The molecule has 0 atom stereocenters. The zero-order chi connectivity index (χ0) is 39.8. The van der Waals surface area contributed by atoms with Crippen molar-refractivity contribution in [2.75, 3.05) is 4.90 Å². The van der Waals surface area contributed by atoms with Gasteiger partial charge in [0.1, 0.15) is 11.2 Å². The minimum atomic E-state index is 0.573. The van der Waals surface area contributed by atoms with Crippen LogP contribution in [0.5, 0.6) is 0 Å². The van der Waals surface area contributed by atoms with E-state index < -0.39 is 0 Å². The normalized spacial score (nSPS) is 13.3. The third-order valence-electron chi connectivity index (χ3n) is 12.7. The third kappa shape index (κ3) is 6.46. The Morgan fingerprint density at radius 1 is 0.400 bits per heavy atom. The standard InChI is InChI=1S/C58H45NO/c1-3-17-40(18-4-1)41-35-37-43(38-36-41)47-25-7-10-32-54(47)59(46-24-13-23-45(39-46)49-29-16-31-53-51-27-9-12-34-56(51)60-58(49)53)55-33-11-8-26-50(55)52-30-15-22-44-21-14-28-48(57(44)52)42-19-5-2-6-20-42/h1,3-4,7-18,21-39,42H,2,5-6,19-20H2. The van der Waals surface area contributed by atoms with E-state index in [2.05, 4.69) is 205 Å². The highest BCUT2D eigenvalue weighted by Gasteiger charge is 2.24. The largest absolute Gasteiger partial charge is 0.455 e. The molecule has 288 valence electrons. The molecule has 1 fully saturated rings. The van der Waals surface area contributed by atoms with Gasteiger partial charge in [-0.1, -0.05) is 195 Å². The van der Waals surface area contributed by atoms with Gasteiger partial charge in [-0.25, -0.2) is 0 Å². The average Bonchev–Trinajstić information content (AvgIpc) is 3.71. The van der Waals surface area contributed by atoms with Crippen LogP contribution in [0.15, 0.2) is 211 Å². The molecule has 11 rings (SSSR count). The summed E-state index contributed by atoms with van der Waals surface area (Å²) >= 11 is 0. The van der Waals surface area contributed by atoms with Crippen LogP contribution in [0.2, 0.25) is 0 Å². The van der Waals surface area contributed by atoms with Crippen molar-refractivity contribution in [3.05, 3.63) is 212 Å². The van der Waals surface area contributed by atoms with Gasteiger partial charge in [-0.2, -0.15) is 0 Å². The predicted octanol–water partition coefficient (Wildman–Crippen LogP) is 16.9. The molecule has 60 heavy (non-hydrogen) atoms. The Balaban J connectivity index is 1.13. The summed E-state index contributed by atoms with van der Waals surface area (Å²) in [6, 6.07) is 75.2. The fourth-order valence-corrected chi connectivity index (χ4v) is 9.83. The quantitative estimate of drug-likeness (QED) is 0.153.